The van der Waals surface area contributed by atoms with Gasteiger partial charge < -0.3 is 0 Å². The molecule has 0 saturated heterocycles. The summed E-state index contributed by atoms with van der Waals surface area (Å²) in [6.07, 6.45) is 2.15. The first kappa shape index (κ1) is 6.56. The molecule has 0 aliphatic heterocycles. The van der Waals surface area contributed by atoms with E-state index in [-0.39, 0.29) is 0 Å². The van der Waals surface area contributed by atoms with Crippen molar-refractivity contribution in [3.63, 3.8) is 0 Å². The van der Waals surface area contributed by atoms with E-state index in [1.165, 1.54) is 0 Å². The summed E-state index contributed by atoms with van der Waals surface area (Å²) in [4.78, 5) is 0. The average molecular weight is 145 g/mol. The fourth-order valence-corrected chi connectivity index (χ4v) is 1.69. The number of nitrogens with zero attached hydrogens (tertiary/aromatic N) is 1. The van der Waals surface area contributed by atoms with Crippen molar-refractivity contribution in [1.82, 2.24) is 0 Å². The Morgan fingerprint density at radius 1 is 1.56 bits per heavy atom. The molecule has 1 saturated carbocycles. The summed E-state index contributed by atoms with van der Waals surface area (Å²) in [5, 5.41) is 8.36. The third-order valence-electron chi connectivity index (χ3n) is 1.62. The zero-order valence-electron chi connectivity index (χ0n) is 5.09. The van der Waals surface area contributed by atoms with Crippen molar-refractivity contribution in [2.75, 3.05) is 6.26 Å². The van der Waals surface area contributed by atoms with Gasteiger partial charge in [0.1, 0.15) is 0 Å². The summed E-state index contributed by atoms with van der Waals surface area (Å²) in [6.45, 7) is 0. The van der Waals surface area contributed by atoms with E-state index in [1.54, 1.807) is 6.07 Å². The molecule has 50 valence electrons. The highest BCUT2D eigenvalue weighted by atomic mass is 32.2. The van der Waals surface area contributed by atoms with Crippen LogP contribution in [-0.4, -0.2) is 19.4 Å². The number of sulfone groups is 1. The summed E-state index contributed by atoms with van der Waals surface area (Å²) in [7, 11) is -3.10. The highest BCUT2D eigenvalue weighted by Crippen LogP contribution is 2.41. The van der Waals surface area contributed by atoms with Crippen LogP contribution in [0.2, 0.25) is 0 Å². The molecule has 0 heterocycles. The molecule has 3 nitrogen and oxygen atoms in total. The van der Waals surface area contributed by atoms with Crippen LogP contribution >= 0.6 is 0 Å². The number of rotatable bonds is 1. The fourth-order valence-electron chi connectivity index (χ4n) is 0.679. The summed E-state index contributed by atoms with van der Waals surface area (Å²) >= 11 is 0. The van der Waals surface area contributed by atoms with Crippen LogP contribution in [-0.2, 0) is 9.84 Å². The zero-order valence-corrected chi connectivity index (χ0v) is 5.90. The van der Waals surface area contributed by atoms with Gasteiger partial charge in [0.05, 0.1) is 6.07 Å². The predicted molar refractivity (Wildman–Crippen MR) is 32.4 cm³/mol. The molecule has 1 rings (SSSR count). The van der Waals surface area contributed by atoms with Crippen molar-refractivity contribution in [3.05, 3.63) is 0 Å². The Balaban J connectivity index is 3.02. The van der Waals surface area contributed by atoms with Crippen LogP contribution in [0.1, 0.15) is 12.8 Å². The number of hydrogen-bond acceptors (Lipinski definition) is 3. The lowest BCUT2D eigenvalue weighted by atomic mass is 10.5. The molecule has 1 aliphatic carbocycles. The minimum atomic E-state index is -3.10. The lowest BCUT2D eigenvalue weighted by Crippen LogP contribution is -2.18. The van der Waals surface area contributed by atoms with E-state index in [2.05, 4.69) is 0 Å². The van der Waals surface area contributed by atoms with Gasteiger partial charge >= 0.3 is 0 Å². The van der Waals surface area contributed by atoms with Crippen LogP contribution in [0.5, 0.6) is 0 Å². The lowest BCUT2D eigenvalue weighted by molar-refractivity contribution is 0.594. The first-order valence-electron chi connectivity index (χ1n) is 2.63. The Labute approximate surface area is 54.2 Å². The zero-order chi connectivity index (χ0) is 7.12. The first-order valence-corrected chi connectivity index (χ1v) is 4.52. The average Bonchev–Trinajstić information content (AvgIpc) is 2.40. The van der Waals surface area contributed by atoms with Gasteiger partial charge in [-0.25, -0.2) is 8.42 Å². The maximum atomic E-state index is 10.7. The van der Waals surface area contributed by atoms with E-state index < -0.39 is 14.6 Å². The SMILES string of the molecule is CS(=O)(=O)C1(C#N)CC1. The molecule has 1 aliphatic rings. The van der Waals surface area contributed by atoms with Crippen molar-refractivity contribution >= 4 is 9.84 Å². The lowest BCUT2D eigenvalue weighted by Gasteiger charge is -1.98. The first-order chi connectivity index (χ1) is 4.02. The van der Waals surface area contributed by atoms with E-state index in [1.807, 2.05) is 0 Å². The van der Waals surface area contributed by atoms with Gasteiger partial charge in [0.2, 0.25) is 0 Å². The van der Waals surface area contributed by atoms with E-state index >= 15 is 0 Å². The number of hydrogen-bond donors (Lipinski definition) is 0. The highest BCUT2D eigenvalue weighted by Gasteiger charge is 2.52. The van der Waals surface area contributed by atoms with Gasteiger partial charge in [0.25, 0.3) is 0 Å². The Hall–Kier alpha value is -0.560. The molecule has 0 amide bonds. The summed E-state index contributed by atoms with van der Waals surface area (Å²) in [5.41, 5.74) is 0. The maximum Gasteiger partial charge on any atom is 0.166 e. The maximum absolute atomic E-state index is 10.7. The second-order valence-corrected chi connectivity index (χ2v) is 4.70. The van der Waals surface area contributed by atoms with E-state index in [0.29, 0.717) is 12.8 Å². The summed E-state index contributed by atoms with van der Waals surface area (Å²) in [5.74, 6) is 0. The molecule has 1 fully saturated rings. The van der Waals surface area contributed by atoms with Crippen LogP contribution in [0.25, 0.3) is 0 Å². The van der Waals surface area contributed by atoms with Crippen LogP contribution in [0.4, 0.5) is 0 Å². The Kier molecular flexibility index (Phi) is 1.08. The Morgan fingerprint density at radius 2 is 2.00 bits per heavy atom. The van der Waals surface area contributed by atoms with Crippen molar-refractivity contribution < 1.29 is 8.42 Å². The summed E-state index contributed by atoms with van der Waals surface area (Å²) in [6, 6.07) is 1.80. The van der Waals surface area contributed by atoms with E-state index in [9.17, 15) is 8.42 Å². The molecule has 0 aromatic rings. The Morgan fingerprint density at radius 3 is 2.00 bits per heavy atom. The Bertz CT molecular complexity index is 255. The molecule has 0 spiro atoms. The van der Waals surface area contributed by atoms with Crippen molar-refractivity contribution in [2.24, 2.45) is 0 Å². The van der Waals surface area contributed by atoms with Gasteiger partial charge in [-0.15, -0.1) is 0 Å². The minimum Gasteiger partial charge on any atom is -0.227 e. The quantitative estimate of drug-likeness (QED) is 0.525. The molecule has 0 aromatic heterocycles. The van der Waals surface area contributed by atoms with Crippen molar-refractivity contribution in [3.8, 4) is 6.07 Å². The third-order valence-corrected chi connectivity index (χ3v) is 3.54. The van der Waals surface area contributed by atoms with Crippen molar-refractivity contribution in [1.29, 1.82) is 5.26 Å². The van der Waals surface area contributed by atoms with Crippen LogP contribution < -0.4 is 0 Å². The normalized spacial score (nSPS) is 22.7. The standard InChI is InChI=1S/C5H7NO2S/c1-9(7,8)5(4-6)2-3-5/h2-3H2,1H3. The molecular formula is C5H7NO2S. The predicted octanol–water partition coefficient (Wildman–Crippen LogP) is 0.0872. The fraction of sp³-hybridized carbons (Fsp3) is 0.800. The molecule has 0 bridgehead atoms. The molecule has 0 atom stereocenters. The van der Waals surface area contributed by atoms with Crippen LogP contribution in [0.15, 0.2) is 0 Å². The molecule has 0 unspecified atom stereocenters. The van der Waals surface area contributed by atoms with Gasteiger partial charge in [-0.05, 0) is 12.8 Å². The van der Waals surface area contributed by atoms with Crippen LogP contribution in [0.3, 0.4) is 0 Å². The van der Waals surface area contributed by atoms with Crippen molar-refractivity contribution in [2.45, 2.75) is 17.6 Å². The van der Waals surface area contributed by atoms with Gasteiger partial charge in [-0.2, -0.15) is 5.26 Å². The van der Waals surface area contributed by atoms with Crippen LogP contribution in [0, 0.1) is 11.3 Å². The van der Waals surface area contributed by atoms with Gasteiger partial charge in [-0.1, -0.05) is 0 Å². The monoisotopic (exact) mass is 145 g/mol. The van der Waals surface area contributed by atoms with Gasteiger partial charge in [0, 0.05) is 6.26 Å². The van der Waals surface area contributed by atoms with Gasteiger partial charge in [0.15, 0.2) is 14.6 Å². The molecule has 0 aromatic carbocycles. The molecule has 4 heteroatoms. The topological polar surface area (TPSA) is 57.9 Å². The van der Waals surface area contributed by atoms with Gasteiger partial charge in [-0.3, -0.25) is 0 Å². The second kappa shape index (κ2) is 1.48. The molecular weight excluding hydrogens is 138 g/mol. The largest absolute Gasteiger partial charge is 0.227 e. The number of nitriles is 1. The molecule has 9 heavy (non-hydrogen) atoms. The second-order valence-electron chi connectivity index (χ2n) is 2.38. The minimum absolute atomic E-state index is 0.516. The third kappa shape index (κ3) is 0.815. The highest BCUT2D eigenvalue weighted by molar-refractivity contribution is 7.92. The van der Waals surface area contributed by atoms with E-state index in [0.717, 1.165) is 6.26 Å². The smallest absolute Gasteiger partial charge is 0.166 e. The van der Waals surface area contributed by atoms with E-state index in [4.69, 9.17) is 5.26 Å². The summed E-state index contributed by atoms with van der Waals surface area (Å²) < 4.78 is 20.5. The molecule has 0 radical (unpaired) electrons. The molecule has 0 N–H and O–H groups in total.